The number of ether oxygens (including phenoxy) is 1. The molecule has 1 fully saturated rings. The van der Waals surface area contributed by atoms with Crippen molar-refractivity contribution in [2.24, 2.45) is 19.1 Å². The number of aromatic nitrogens is 5. The molecule has 0 aromatic carbocycles. The van der Waals surface area contributed by atoms with Gasteiger partial charge in [0.05, 0.1) is 19.3 Å². The number of thioether (sulfide) groups is 1. The molecule has 2 aromatic rings. The third-order valence-electron chi connectivity index (χ3n) is 4.82. The van der Waals surface area contributed by atoms with Gasteiger partial charge in [0, 0.05) is 38.9 Å². The largest absolute Gasteiger partial charge is 0.370 e. The number of rotatable bonds is 7. The van der Waals surface area contributed by atoms with Crippen molar-refractivity contribution in [2.45, 2.75) is 26.0 Å². The Bertz CT molecular complexity index is 793. The molecule has 0 radical (unpaired) electrons. The summed E-state index contributed by atoms with van der Waals surface area (Å²) < 4.78 is 9.77. The van der Waals surface area contributed by atoms with E-state index in [2.05, 4.69) is 31.8 Å². The van der Waals surface area contributed by atoms with Gasteiger partial charge < -0.3 is 19.5 Å². The van der Waals surface area contributed by atoms with Crippen LogP contribution < -0.4 is 5.32 Å². The van der Waals surface area contributed by atoms with Crippen molar-refractivity contribution in [1.29, 1.82) is 0 Å². The molecule has 1 unspecified atom stereocenters. The van der Waals surface area contributed by atoms with Gasteiger partial charge in [0.15, 0.2) is 11.8 Å². The number of morpholine rings is 1. The number of aryl methyl sites for hydroxylation is 2. The molecule has 0 spiro atoms. The Kier molecular flexibility index (Phi) is 9.69. The maximum absolute atomic E-state index is 5.98. The third-order valence-corrected chi connectivity index (χ3v) is 5.52. The minimum absolute atomic E-state index is 0. The van der Waals surface area contributed by atoms with E-state index in [0.717, 1.165) is 55.0 Å². The van der Waals surface area contributed by atoms with Crippen molar-refractivity contribution < 1.29 is 4.74 Å². The summed E-state index contributed by atoms with van der Waals surface area (Å²) in [6.07, 6.45) is 7.11. The van der Waals surface area contributed by atoms with E-state index in [9.17, 15) is 0 Å². The highest BCUT2D eigenvalue weighted by atomic mass is 127. The van der Waals surface area contributed by atoms with Crippen LogP contribution in [0.2, 0.25) is 0 Å². The number of hydrogen-bond donors (Lipinski definition) is 1. The zero-order valence-electron chi connectivity index (χ0n) is 17.5. The summed E-state index contributed by atoms with van der Waals surface area (Å²) in [4.78, 5) is 7.12. The average molecular weight is 534 g/mol. The first-order valence-corrected chi connectivity index (χ1v) is 10.9. The molecule has 11 heteroatoms. The van der Waals surface area contributed by atoms with Crippen LogP contribution in [0.3, 0.4) is 0 Å². The molecule has 0 bridgehead atoms. The highest BCUT2D eigenvalue weighted by molar-refractivity contribution is 14.0. The van der Waals surface area contributed by atoms with E-state index in [1.165, 1.54) is 0 Å². The molecule has 9 nitrogen and oxygen atoms in total. The molecular formula is C18H31IN8OS. The maximum atomic E-state index is 5.98. The summed E-state index contributed by atoms with van der Waals surface area (Å²) in [5.41, 5.74) is 1.10. The molecule has 1 aliphatic heterocycles. The Balaban J connectivity index is 0.00000300. The third kappa shape index (κ3) is 6.57. The van der Waals surface area contributed by atoms with Gasteiger partial charge in [-0.3, -0.25) is 4.68 Å². The van der Waals surface area contributed by atoms with Crippen LogP contribution in [0.4, 0.5) is 0 Å². The highest BCUT2D eigenvalue weighted by Crippen LogP contribution is 2.21. The van der Waals surface area contributed by atoms with Crippen LogP contribution in [0, 0.1) is 6.92 Å². The molecule has 0 amide bonds. The van der Waals surface area contributed by atoms with Crippen LogP contribution in [0.15, 0.2) is 17.4 Å². The predicted molar refractivity (Wildman–Crippen MR) is 127 cm³/mol. The molecule has 1 atom stereocenters. The number of hydrogen-bond acceptors (Lipinski definition) is 6. The van der Waals surface area contributed by atoms with Gasteiger partial charge >= 0.3 is 0 Å². The van der Waals surface area contributed by atoms with Gasteiger partial charge in [0.25, 0.3) is 0 Å². The van der Waals surface area contributed by atoms with Crippen molar-refractivity contribution in [3.8, 4) is 0 Å². The summed E-state index contributed by atoms with van der Waals surface area (Å²) in [6, 6.07) is 0. The van der Waals surface area contributed by atoms with Crippen LogP contribution in [-0.2, 0) is 25.4 Å². The van der Waals surface area contributed by atoms with E-state index < -0.39 is 0 Å². The van der Waals surface area contributed by atoms with E-state index in [1.54, 1.807) is 0 Å². The van der Waals surface area contributed by atoms with Crippen LogP contribution in [0.5, 0.6) is 0 Å². The second kappa shape index (κ2) is 11.7. The number of nitrogens with zero attached hydrogens (tertiary/aromatic N) is 7. The number of guanidine groups is 1. The zero-order chi connectivity index (χ0) is 19.9. The normalized spacial score (nSPS) is 17.3. The molecule has 1 saturated heterocycles. The number of aliphatic imine (C=N–C) groups is 1. The molecule has 162 valence electrons. The van der Waals surface area contributed by atoms with Gasteiger partial charge in [0.2, 0.25) is 0 Å². The smallest absolute Gasteiger partial charge is 0.194 e. The van der Waals surface area contributed by atoms with Crippen LogP contribution in [-0.4, -0.2) is 73.7 Å². The van der Waals surface area contributed by atoms with Crippen molar-refractivity contribution in [3.63, 3.8) is 0 Å². The molecule has 1 N–H and O–H groups in total. The summed E-state index contributed by atoms with van der Waals surface area (Å²) >= 11 is 1.86. The first kappa shape index (κ1) is 23.9. The number of halogens is 1. The highest BCUT2D eigenvalue weighted by Gasteiger charge is 2.25. The predicted octanol–water partition coefficient (Wildman–Crippen LogP) is 1.75. The monoisotopic (exact) mass is 534 g/mol. The quantitative estimate of drug-likeness (QED) is 0.251. The Morgan fingerprint density at radius 3 is 2.86 bits per heavy atom. The van der Waals surface area contributed by atoms with E-state index in [0.29, 0.717) is 13.2 Å². The summed E-state index contributed by atoms with van der Waals surface area (Å²) in [6.45, 7) is 5.56. The molecule has 2 aromatic heterocycles. The standard InChI is InChI=1S/C18H30N8OS.HI/c1-14-22-23-17(25(14)3)11-20-18(19-6-5-9-28-4)26-7-8-27-16(13-26)15-10-21-24(2)12-15;/h10,12,16H,5-9,11,13H2,1-4H3,(H,19,20);1H. The van der Waals surface area contributed by atoms with Gasteiger partial charge in [-0.25, -0.2) is 4.99 Å². The minimum atomic E-state index is -0.00211. The second-order valence-corrected chi connectivity index (χ2v) is 7.87. The lowest BCUT2D eigenvalue weighted by atomic mass is 10.1. The van der Waals surface area contributed by atoms with Crippen molar-refractivity contribution >= 4 is 41.7 Å². The van der Waals surface area contributed by atoms with Crippen molar-refractivity contribution in [1.82, 2.24) is 34.8 Å². The molecule has 0 saturated carbocycles. The topological polar surface area (TPSA) is 85.4 Å². The molecule has 0 aliphatic carbocycles. The van der Waals surface area contributed by atoms with Crippen molar-refractivity contribution in [3.05, 3.63) is 29.6 Å². The minimum Gasteiger partial charge on any atom is -0.370 e. The molecular weight excluding hydrogens is 503 g/mol. The van der Waals surface area contributed by atoms with Gasteiger partial charge in [-0.05, 0) is 25.4 Å². The number of nitrogens with one attached hydrogen (secondary N) is 1. The molecule has 3 heterocycles. The van der Waals surface area contributed by atoms with Gasteiger partial charge in [0.1, 0.15) is 18.5 Å². The summed E-state index contributed by atoms with van der Waals surface area (Å²) in [5, 5.41) is 16.2. The molecule has 1 aliphatic rings. The fraction of sp³-hybridized carbons (Fsp3) is 0.667. The van der Waals surface area contributed by atoms with Crippen LogP contribution >= 0.6 is 35.7 Å². The zero-order valence-corrected chi connectivity index (χ0v) is 20.7. The molecule has 3 rings (SSSR count). The summed E-state index contributed by atoms with van der Waals surface area (Å²) in [5.74, 6) is 3.78. The fourth-order valence-electron chi connectivity index (χ4n) is 3.07. The van der Waals surface area contributed by atoms with E-state index in [4.69, 9.17) is 9.73 Å². The summed E-state index contributed by atoms with van der Waals surface area (Å²) in [7, 11) is 3.89. The lowest BCUT2D eigenvalue weighted by Gasteiger charge is -2.35. The van der Waals surface area contributed by atoms with Gasteiger partial charge in [-0.15, -0.1) is 34.2 Å². The van der Waals surface area contributed by atoms with E-state index in [1.807, 2.05) is 54.4 Å². The molecule has 29 heavy (non-hydrogen) atoms. The second-order valence-electron chi connectivity index (χ2n) is 6.89. The fourth-order valence-corrected chi connectivity index (χ4v) is 3.50. The Labute approximate surface area is 193 Å². The van der Waals surface area contributed by atoms with Crippen LogP contribution in [0.25, 0.3) is 0 Å². The first-order chi connectivity index (χ1) is 13.6. The Morgan fingerprint density at radius 2 is 2.21 bits per heavy atom. The Hall–Kier alpha value is -1.34. The van der Waals surface area contributed by atoms with Crippen molar-refractivity contribution in [2.75, 3.05) is 38.2 Å². The Morgan fingerprint density at radius 1 is 1.38 bits per heavy atom. The van der Waals surface area contributed by atoms with Crippen LogP contribution in [0.1, 0.15) is 29.7 Å². The first-order valence-electron chi connectivity index (χ1n) is 9.55. The SMILES string of the molecule is CSCCCNC(=NCc1nnc(C)n1C)N1CCOC(c2cnn(C)c2)C1.I. The lowest BCUT2D eigenvalue weighted by molar-refractivity contribution is -0.00808. The van der Waals surface area contributed by atoms with E-state index >= 15 is 0 Å². The van der Waals surface area contributed by atoms with Gasteiger partial charge in [-0.2, -0.15) is 16.9 Å². The van der Waals surface area contributed by atoms with E-state index in [-0.39, 0.29) is 30.1 Å². The van der Waals surface area contributed by atoms with Gasteiger partial charge in [-0.1, -0.05) is 0 Å². The maximum Gasteiger partial charge on any atom is 0.194 e. The average Bonchev–Trinajstić information content (AvgIpc) is 3.28. The lowest BCUT2D eigenvalue weighted by Crippen LogP contribution is -2.48.